The Morgan fingerprint density at radius 2 is 1.46 bits per heavy atom. The molecule has 0 bridgehead atoms. The summed E-state index contributed by atoms with van der Waals surface area (Å²) in [5, 5.41) is 10.7. The summed E-state index contributed by atoms with van der Waals surface area (Å²) in [7, 11) is 2.01. The van der Waals surface area contributed by atoms with E-state index >= 15 is 0 Å². The lowest BCUT2D eigenvalue weighted by atomic mass is 10.0. The maximum absolute atomic E-state index is 6.00. The van der Waals surface area contributed by atoms with Gasteiger partial charge in [0.25, 0.3) is 0 Å². The molecule has 0 aliphatic carbocycles. The molecule has 2 aromatic carbocycles. The van der Waals surface area contributed by atoms with Gasteiger partial charge in [0.15, 0.2) is 0 Å². The Hall–Kier alpha value is -1.72. The van der Waals surface area contributed by atoms with E-state index in [1.54, 1.807) is 0 Å². The molecule has 0 amide bonds. The lowest BCUT2D eigenvalue weighted by Crippen LogP contribution is -2.46. The molecule has 2 atom stereocenters. The maximum Gasteiger partial charge on any atom is 0.0233 e. The molecule has 0 aliphatic rings. The highest BCUT2D eigenvalue weighted by Crippen LogP contribution is 2.05. The highest BCUT2D eigenvalue weighted by atomic mass is 15.0. The molecular formula is C24H38N4. The second kappa shape index (κ2) is 14.3. The fourth-order valence-corrected chi connectivity index (χ4v) is 3.49. The highest BCUT2D eigenvalue weighted by molar-refractivity contribution is 5.17. The summed E-state index contributed by atoms with van der Waals surface area (Å²) in [6.45, 7) is 3.70. The van der Waals surface area contributed by atoms with Crippen molar-refractivity contribution in [1.82, 2.24) is 16.0 Å². The van der Waals surface area contributed by atoms with Crippen LogP contribution in [-0.4, -0.2) is 45.3 Å². The van der Waals surface area contributed by atoms with Gasteiger partial charge in [-0.3, -0.25) is 0 Å². The van der Waals surface area contributed by atoms with Gasteiger partial charge in [-0.15, -0.1) is 0 Å². The molecular weight excluding hydrogens is 344 g/mol. The van der Waals surface area contributed by atoms with Crippen LogP contribution in [0.15, 0.2) is 60.7 Å². The summed E-state index contributed by atoms with van der Waals surface area (Å²) in [6, 6.07) is 22.2. The van der Waals surface area contributed by atoms with Crippen molar-refractivity contribution in [3.63, 3.8) is 0 Å². The first-order valence-electron chi connectivity index (χ1n) is 10.7. The smallest absolute Gasteiger partial charge is 0.0233 e. The molecule has 0 heterocycles. The molecule has 4 heteroatoms. The van der Waals surface area contributed by atoms with Gasteiger partial charge in [-0.25, -0.2) is 0 Å². The van der Waals surface area contributed by atoms with Crippen LogP contribution >= 0.6 is 0 Å². The molecule has 2 unspecified atom stereocenters. The van der Waals surface area contributed by atoms with Crippen molar-refractivity contribution in [2.75, 3.05) is 33.2 Å². The van der Waals surface area contributed by atoms with Crippen molar-refractivity contribution < 1.29 is 0 Å². The molecule has 28 heavy (non-hydrogen) atoms. The van der Waals surface area contributed by atoms with Gasteiger partial charge in [0.05, 0.1) is 0 Å². The second-order valence-electron chi connectivity index (χ2n) is 7.52. The fraction of sp³-hybridized carbons (Fsp3) is 0.500. The topological polar surface area (TPSA) is 62.1 Å². The summed E-state index contributed by atoms with van der Waals surface area (Å²) in [6.07, 6.45) is 5.63. The van der Waals surface area contributed by atoms with Crippen LogP contribution < -0.4 is 21.7 Å². The number of nitrogens with one attached hydrogen (secondary N) is 3. The van der Waals surface area contributed by atoms with Gasteiger partial charge in [-0.1, -0.05) is 67.1 Å². The quantitative estimate of drug-likeness (QED) is 0.358. The summed E-state index contributed by atoms with van der Waals surface area (Å²) in [5.41, 5.74) is 8.76. The second-order valence-corrected chi connectivity index (χ2v) is 7.52. The van der Waals surface area contributed by atoms with Crippen molar-refractivity contribution in [1.29, 1.82) is 0 Å². The zero-order valence-corrected chi connectivity index (χ0v) is 17.4. The predicted octanol–water partition coefficient (Wildman–Crippen LogP) is 2.74. The van der Waals surface area contributed by atoms with Crippen LogP contribution in [0.25, 0.3) is 0 Å². The molecule has 0 saturated heterocycles. The van der Waals surface area contributed by atoms with Gasteiger partial charge in [-0.2, -0.15) is 0 Å². The maximum atomic E-state index is 6.00. The first-order chi connectivity index (χ1) is 13.8. The molecule has 0 saturated carbocycles. The minimum absolute atomic E-state index is 0.394. The SMILES string of the molecule is CNCCCCC(CN)NCC(Cc1ccccc1)NCCc1ccccc1. The van der Waals surface area contributed by atoms with E-state index in [1.807, 2.05) is 7.05 Å². The Morgan fingerprint density at radius 3 is 2.11 bits per heavy atom. The molecule has 5 N–H and O–H groups in total. The van der Waals surface area contributed by atoms with Crippen molar-refractivity contribution in [3.05, 3.63) is 71.8 Å². The van der Waals surface area contributed by atoms with Gasteiger partial charge in [0.2, 0.25) is 0 Å². The number of rotatable bonds is 15. The Morgan fingerprint density at radius 1 is 0.786 bits per heavy atom. The summed E-state index contributed by atoms with van der Waals surface area (Å²) in [4.78, 5) is 0. The molecule has 0 spiro atoms. The average Bonchev–Trinajstić information content (AvgIpc) is 2.74. The zero-order valence-electron chi connectivity index (χ0n) is 17.4. The number of benzene rings is 2. The van der Waals surface area contributed by atoms with E-state index in [1.165, 1.54) is 24.0 Å². The first-order valence-corrected chi connectivity index (χ1v) is 10.7. The van der Waals surface area contributed by atoms with Gasteiger partial charge in [-0.05, 0) is 56.9 Å². The standard InChI is InChI=1S/C24H38N4/c1-26-16-9-8-14-23(19-25)28-20-24(18-22-12-6-3-7-13-22)27-17-15-21-10-4-2-5-11-21/h2-7,10-13,23-24,26-28H,8-9,14-20,25H2,1H3. The van der Waals surface area contributed by atoms with Crippen molar-refractivity contribution in [2.45, 2.75) is 44.2 Å². The van der Waals surface area contributed by atoms with Crippen molar-refractivity contribution in [3.8, 4) is 0 Å². The average molecular weight is 383 g/mol. The van der Waals surface area contributed by atoms with Crippen LogP contribution in [0.3, 0.4) is 0 Å². The van der Waals surface area contributed by atoms with Gasteiger partial charge in [0, 0.05) is 25.2 Å². The zero-order chi connectivity index (χ0) is 19.9. The third kappa shape index (κ3) is 9.47. The molecule has 4 nitrogen and oxygen atoms in total. The fourth-order valence-electron chi connectivity index (χ4n) is 3.49. The number of hydrogen-bond donors (Lipinski definition) is 4. The van der Waals surface area contributed by atoms with Crippen LogP contribution in [-0.2, 0) is 12.8 Å². The predicted molar refractivity (Wildman–Crippen MR) is 121 cm³/mol. The normalized spacial score (nSPS) is 13.4. The molecule has 0 fully saturated rings. The van der Waals surface area contributed by atoms with E-state index < -0.39 is 0 Å². The first kappa shape index (κ1) is 22.6. The Balaban J connectivity index is 1.82. The summed E-state index contributed by atoms with van der Waals surface area (Å²) < 4.78 is 0. The lowest BCUT2D eigenvalue weighted by molar-refractivity contribution is 0.409. The molecule has 2 aromatic rings. The van der Waals surface area contributed by atoms with Gasteiger partial charge in [0.1, 0.15) is 0 Å². The number of nitrogens with two attached hydrogens (primary N) is 1. The number of unbranched alkanes of at least 4 members (excludes halogenated alkanes) is 1. The molecule has 2 rings (SSSR count). The minimum atomic E-state index is 0.394. The van der Waals surface area contributed by atoms with Gasteiger partial charge < -0.3 is 21.7 Å². The monoisotopic (exact) mass is 382 g/mol. The molecule has 0 aliphatic heterocycles. The van der Waals surface area contributed by atoms with Crippen LogP contribution in [0.4, 0.5) is 0 Å². The Labute approximate surface area is 171 Å². The van der Waals surface area contributed by atoms with E-state index in [0.717, 1.165) is 38.9 Å². The largest absolute Gasteiger partial charge is 0.329 e. The number of hydrogen-bond acceptors (Lipinski definition) is 4. The van der Waals surface area contributed by atoms with Crippen LogP contribution in [0.1, 0.15) is 30.4 Å². The van der Waals surface area contributed by atoms with Crippen LogP contribution in [0.5, 0.6) is 0 Å². The lowest BCUT2D eigenvalue weighted by Gasteiger charge is -2.24. The van der Waals surface area contributed by atoms with E-state index in [4.69, 9.17) is 5.73 Å². The van der Waals surface area contributed by atoms with Crippen molar-refractivity contribution in [2.24, 2.45) is 5.73 Å². The van der Waals surface area contributed by atoms with E-state index in [9.17, 15) is 0 Å². The Kier molecular flexibility index (Phi) is 11.5. The van der Waals surface area contributed by atoms with E-state index in [0.29, 0.717) is 18.6 Å². The highest BCUT2D eigenvalue weighted by Gasteiger charge is 2.12. The third-order valence-corrected chi connectivity index (χ3v) is 5.18. The summed E-state index contributed by atoms with van der Waals surface area (Å²) in [5.74, 6) is 0. The van der Waals surface area contributed by atoms with E-state index in [-0.39, 0.29) is 0 Å². The van der Waals surface area contributed by atoms with Crippen LogP contribution in [0, 0.1) is 0 Å². The third-order valence-electron chi connectivity index (χ3n) is 5.18. The minimum Gasteiger partial charge on any atom is -0.329 e. The summed E-state index contributed by atoms with van der Waals surface area (Å²) >= 11 is 0. The molecule has 154 valence electrons. The molecule has 0 aromatic heterocycles. The molecule has 0 radical (unpaired) electrons. The van der Waals surface area contributed by atoms with Crippen molar-refractivity contribution >= 4 is 0 Å². The van der Waals surface area contributed by atoms with Gasteiger partial charge >= 0.3 is 0 Å². The van der Waals surface area contributed by atoms with Crippen LogP contribution in [0.2, 0.25) is 0 Å². The van der Waals surface area contributed by atoms with E-state index in [2.05, 4.69) is 76.6 Å². The Bertz CT molecular complexity index is 603.